The Balaban J connectivity index is 5.21. The van der Waals surface area contributed by atoms with Crippen molar-refractivity contribution >= 4 is 17.8 Å². The molecule has 0 heterocycles. The molecule has 0 radical (unpaired) electrons. The van der Waals surface area contributed by atoms with Crippen molar-refractivity contribution in [1.82, 2.24) is 0 Å². The van der Waals surface area contributed by atoms with E-state index in [2.05, 4.69) is 11.6 Å². The summed E-state index contributed by atoms with van der Waals surface area (Å²) in [6.07, 6.45) is 2.28. The van der Waals surface area contributed by atoms with Gasteiger partial charge >= 0.3 is 12.1 Å². The van der Waals surface area contributed by atoms with E-state index in [9.17, 15) is 9.59 Å². The van der Waals surface area contributed by atoms with Gasteiger partial charge in [0.1, 0.15) is 11.7 Å². The molecule has 0 aromatic heterocycles. The molecule has 1 amide bonds. The van der Waals surface area contributed by atoms with Crippen LogP contribution in [0.2, 0.25) is 0 Å². The van der Waals surface area contributed by atoms with Gasteiger partial charge in [-0.3, -0.25) is 0 Å². The normalized spacial score (nSPS) is 14.8. The van der Waals surface area contributed by atoms with Crippen LogP contribution in [-0.2, 0) is 19.0 Å². The summed E-state index contributed by atoms with van der Waals surface area (Å²) in [5.74, 6) is -0.696. The van der Waals surface area contributed by atoms with Crippen LogP contribution in [0.5, 0.6) is 0 Å². The molecule has 0 saturated heterocycles. The maximum atomic E-state index is 12.0. The number of methoxy groups -OCH3 is 1. The standard InChI is InChI=1S/C17H29NO5/c1-8-10-11-12(3)22-13(9-2)14(15(19)21-7)18-16(20)23-17(4,5)6/h8,12-13H,1,9-11H2,2-7H3/b18-14+/t12-,13+/m1/s1. The first-order valence-electron chi connectivity index (χ1n) is 7.80. The Morgan fingerprint density at radius 1 is 1.30 bits per heavy atom. The van der Waals surface area contributed by atoms with Crippen LogP contribution in [-0.4, -0.2) is 42.7 Å². The van der Waals surface area contributed by atoms with E-state index in [1.54, 1.807) is 26.8 Å². The van der Waals surface area contributed by atoms with Crippen LogP contribution in [0, 0.1) is 0 Å². The Morgan fingerprint density at radius 3 is 2.35 bits per heavy atom. The molecular weight excluding hydrogens is 298 g/mol. The van der Waals surface area contributed by atoms with Gasteiger partial charge in [0.25, 0.3) is 0 Å². The fraction of sp³-hybridized carbons (Fsp3) is 0.706. The summed E-state index contributed by atoms with van der Waals surface area (Å²) < 4.78 is 15.7. The average Bonchev–Trinajstić information content (AvgIpc) is 2.45. The van der Waals surface area contributed by atoms with E-state index < -0.39 is 23.8 Å². The van der Waals surface area contributed by atoms with Gasteiger partial charge in [-0.1, -0.05) is 13.0 Å². The molecule has 0 rings (SSSR count). The molecule has 132 valence electrons. The first kappa shape index (κ1) is 21.3. The molecule has 6 heteroatoms. The van der Waals surface area contributed by atoms with E-state index >= 15 is 0 Å². The van der Waals surface area contributed by atoms with Gasteiger partial charge in [0.15, 0.2) is 5.71 Å². The molecular formula is C17H29NO5. The number of rotatable bonds is 8. The van der Waals surface area contributed by atoms with Crippen molar-refractivity contribution in [3.05, 3.63) is 12.7 Å². The van der Waals surface area contributed by atoms with Gasteiger partial charge in [-0.25, -0.2) is 9.59 Å². The number of carbonyl (C=O) groups excluding carboxylic acids is 2. The zero-order valence-corrected chi connectivity index (χ0v) is 15.0. The second-order valence-electron chi connectivity index (χ2n) is 6.18. The van der Waals surface area contributed by atoms with Crippen molar-refractivity contribution < 1.29 is 23.8 Å². The number of aliphatic imine (C=N–C) groups is 1. The van der Waals surface area contributed by atoms with Gasteiger partial charge in [-0.15, -0.1) is 6.58 Å². The van der Waals surface area contributed by atoms with Crippen LogP contribution in [0.3, 0.4) is 0 Å². The van der Waals surface area contributed by atoms with E-state index in [0.717, 1.165) is 12.8 Å². The van der Waals surface area contributed by atoms with Crippen LogP contribution < -0.4 is 0 Å². The molecule has 0 spiro atoms. The van der Waals surface area contributed by atoms with Crippen molar-refractivity contribution in [2.45, 2.75) is 71.7 Å². The molecule has 0 aliphatic heterocycles. The number of esters is 1. The highest BCUT2D eigenvalue weighted by atomic mass is 16.6. The third kappa shape index (κ3) is 9.13. The minimum absolute atomic E-state index is 0.0743. The molecule has 23 heavy (non-hydrogen) atoms. The Kier molecular flexibility index (Phi) is 9.41. The predicted molar refractivity (Wildman–Crippen MR) is 89.7 cm³/mol. The number of hydrogen-bond acceptors (Lipinski definition) is 5. The lowest BCUT2D eigenvalue weighted by Gasteiger charge is -2.22. The first-order chi connectivity index (χ1) is 10.6. The third-order valence-corrected chi connectivity index (χ3v) is 2.85. The van der Waals surface area contributed by atoms with Crippen molar-refractivity contribution in [3.63, 3.8) is 0 Å². The Labute approximate surface area is 138 Å². The molecule has 0 N–H and O–H groups in total. The van der Waals surface area contributed by atoms with Crippen molar-refractivity contribution in [1.29, 1.82) is 0 Å². The molecule has 0 aromatic rings. The maximum absolute atomic E-state index is 12.0. The summed E-state index contributed by atoms with van der Waals surface area (Å²) in [7, 11) is 1.24. The monoisotopic (exact) mass is 327 g/mol. The fourth-order valence-electron chi connectivity index (χ4n) is 1.79. The van der Waals surface area contributed by atoms with Crippen molar-refractivity contribution in [2.75, 3.05) is 7.11 Å². The summed E-state index contributed by atoms with van der Waals surface area (Å²) in [6, 6.07) is 0. The second kappa shape index (κ2) is 10.2. The molecule has 0 aromatic carbocycles. The van der Waals surface area contributed by atoms with Gasteiger partial charge in [0.2, 0.25) is 0 Å². The summed E-state index contributed by atoms with van der Waals surface area (Å²) >= 11 is 0. The molecule has 0 unspecified atom stereocenters. The quantitative estimate of drug-likeness (QED) is 0.386. The summed E-state index contributed by atoms with van der Waals surface area (Å²) in [6.45, 7) is 12.6. The van der Waals surface area contributed by atoms with Crippen molar-refractivity contribution in [3.8, 4) is 0 Å². The smallest absolute Gasteiger partial charge is 0.434 e. The van der Waals surface area contributed by atoms with Crippen LogP contribution in [0.4, 0.5) is 4.79 Å². The number of amides is 1. The summed E-state index contributed by atoms with van der Waals surface area (Å²) in [4.78, 5) is 27.6. The number of ether oxygens (including phenoxy) is 3. The lowest BCUT2D eigenvalue weighted by molar-refractivity contribution is -0.133. The topological polar surface area (TPSA) is 74.2 Å². The highest BCUT2D eigenvalue weighted by Gasteiger charge is 2.27. The van der Waals surface area contributed by atoms with Gasteiger partial charge in [0.05, 0.1) is 13.2 Å². The van der Waals surface area contributed by atoms with Crippen LogP contribution in [0.1, 0.15) is 53.9 Å². The van der Waals surface area contributed by atoms with Gasteiger partial charge in [0, 0.05) is 0 Å². The number of hydrogen-bond donors (Lipinski definition) is 0. The molecule has 0 saturated carbocycles. The van der Waals surface area contributed by atoms with Gasteiger partial charge in [-0.2, -0.15) is 4.99 Å². The lowest BCUT2D eigenvalue weighted by atomic mass is 10.1. The van der Waals surface area contributed by atoms with E-state index in [0.29, 0.717) is 6.42 Å². The fourth-order valence-corrected chi connectivity index (χ4v) is 1.79. The maximum Gasteiger partial charge on any atom is 0.434 e. The van der Waals surface area contributed by atoms with E-state index in [-0.39, 0.29) is 11.8 Å². The average molecular weight is 327 g/mol. The zero-order chi connectivity index (χ0) is 18.0. The van der Waals surface area contributed by atoms with E-state index in [1.165, 1.54) is 7.11 Å². The molecule has 0 fully saturated rings. The third-order valence-electron chi connectivity index (χ3n) is 2.85. The lowest BCUT2D eigenvalue weighted by Crippen LogP contribution is -2.35. The van der Waals surface area contributed by atoms with Crippen molar-refractivity contribution in [2.24, 2.45) is 4.99 Å². The minimum atomic E-state index is -0.835. The summed E-state index contributed by atoms with van der Waals surface area (Å²) in [5.41, 5.74) is -0.767. The minimum Gasteiger partial charge on any atom is -0.464 e. The van der Waals surface area contributed by atoms with Gasteiger partial charge < -0.3 is 14.2 Å². The van der Waals surface area contributed by atoms with Crippen LogP contribution in [0.15, 0.2) is 17.6 Å². The molecule has 2 atom stereocenters. The largest absolute Gasteiger partial charge is 0.464 e. The molecule has 0 bridgehead atoms. The van der Waals surface area contributed by atoms with Crippen LogP contribution in [0.25, 0.3) is 0 Å². The first-order valence-corrected chi connectivity index (χ1v) is 7.80. The SMILES string of the molecule is C=CCC[C@@H](C)O[C@@H](CC)/C(=N\C(=O)OC(C)(C)C)C(=O)OC. The van der Waals surface area contributed by atoms with E-state index in [1.807, 2.05) is 13.8 Å². The van der Waals surface area contributed by atoms with Crippen LogP contribution >= 0.6 is 0 Å². The molecule has 0 aliphatic carbocycles. The van der Waals surface area contributed by atoms with E-state index in [4.69, 9.17) is 14.2 Å². The Morgan fingerprint density at radius 2 is 1.91 bits per heavy atom. The van der Waals surface area contributed by atoms with Gasteiger partial charge in [-0.05, 0) is 47.0 Å². The second-order valence-corrected chi connectivity index (χ2v) is 6.18. The highest BCUT2D eigenvalue weighted by molar-refractivity contribution is 6.39. The summed E-state index contributed by atoms with van der Waals surface area (Å²) in [5, 5.41) is 0. The molecule has 6 nitrogen and oxygen atoms in total. The number of allylic oxidation sites excluding steroid dienone is 1. The predicted octanol–water partition coefficient (Wildman–Crippen LogP) is 3.69. The highest BCUT2D eigenvalue weighted by Crippen LogP contribution is 2.13. The number of nitrogens with zero attached hydrogens (tertiary/aromatic N) is 1. The molecule has 0 aliphatic rings. The zero-order valence-electron chi connectivity index (χ0n) is 15.0. The Hall–Kier alpha value is -1.69. The number of carbonyl (C=O) groups is 2. The Bertz CT molecular complexity index is 437.